The summed E-state index contributed by atoms with van der Waals surface area (Å²) in [5.41, 5.74) is 4.43. The summed E-state index contributed by atoms with van der Waals surface area (Å²) in [6, 6.07) is 3.01. The lowest BCUT2D eigenvalue weighted by molar-refractivity contribution is 0.626. The Labute approximate surface area is 102 Å². The number of thiazole rings is 1. The highest BCUT2D eigenvalue weighted by Gasteiger charge is 2.12. The van der Waals surface area contributed by atoms with E-state index in [1.165, 1.54) is 17.4 Å². The average Bonchev–Trinajstić information content (AvgIpc) is 2.73. The lowest BCUT2D eigenvalue weighted by atomic mass is 10.1. The fourth-order valence-electron chi connectivity index (χ4n) is 1.38. The first-order valence-electron chi connectivity index (χ1n) is 4.58. The van der Waals surface area contributed by atoms with Crippen LogP contribution in [0.1, 0.15) is 0 Å². The van der Waals surface area contributed by atoms with Crippen LogP contribution in [0.25, 0.3) is 11.3 Å². The van der Waals surface area contributed by atoms with Crippen molar-refractivity contribution >= 4 is 28.6 Å². The van der Waals surface area contributed by atoms with Gasteiger partial charge in [0.25, 0.3) is 0 Å². The molecule has 0 N–H and O–H groups in total. The molecule has 1 radical (unpaired) electrons. The van der Waals surface area contributed by atoms with E-state index in [-0.39, 0.29) is 5.82 Å². The fraction of sp³-hybridized carbons (Fsp3) is 0.182. The molecule has 0 saturated heterocycles. The van der Waals surface area contributed by atoms with Gasteiger partial charge in [0, 0.05) is 25.0 Å². The number of benzene rings is 1. The molecule has 2 rings (SSSR count). The van der Waals surface area contributed by atoms with Crippen LogP contribution in [-0.4, -0.2) is 19.1 Å². The molecule has 1 aromatic carbocycles. The van der Waals surface area contributed by atoms with Gasteiger partial charge in [0.1, 0.15) is 5.82 Å². The highest BCUT2D eigenvalue weighted by molar-refractivity contribution is 7.07. The Morgan fingerprint density at radius 3 is 2.75 bits per heavy atom. The largest absolute Gasteiger partial charge is 0.375 e. The molecule has 0 bridgehead atoms. The third-order valence-electron chi connectivity index (χ3n) is 2.18. The first kappa shape index (κ1) is 11.4. The summed E-state index contributed by atoms with van der Waals surface area (Å²) in [4.78, 5) is 5.67. The summed E-state index contributed by atoms with van der Waals surface area (Å²) in [6.45, 7) is 0. The number of nitrogens with zero attached hydrogens (tertiary/aromatic N) is 2. The number of anilines is 1. The molecule has 2 nitrogen and oxygen atoms in total. The molecule has 0 aliphatic carbocycles. The highest BCUT2D eigenvalue weighted by atomic mass is 35.5. The topological polar surface area (TPSA) is 16.1 Å². The Hall–Kier alpha value is -1.13. The monoisotopic (exact) mass is 255 g/mol. The molecule has 0 aliphatic heterocycles. The molecule has 0 fully saturated rings. The van der Waals surface area contributed by atoms with E-state index in [0.29, 0.717) is 22.0 Å². The molecule has 0 unspecified atom stereocenters. The first-order chi connectivity index (χ1) is 7.59. The fourth-order valence-corrected chi connectivity index (χ4v) is 2.13. The zero-order valence-electron chi connectivity index (χ0n) is 8.79. The number of hydrogen-bond acceptors (Lipinski definition) is 3. The van der Waals surface area contributed by atoms with Gasteiger partial charge < -0.3 is 4.90 Å². The van der Waals surface area contributed by atoms with E-state index in [4.69, 9.17) is 11.6 Å². The van der Waals surface area contributed by atoms with Gasteiger partial charge in [-0.2, -0.15) is 0 Å². The van der Waals surface area contributed by atoms with Crippen LogP contribution in [0.4, 0.5) is 10.1 Å². The lowest BCUT2D eigenvalue weighted by Gasteiger charge is -2.15. The van der Waals surface area contributed by atoms with E-state index in [1.807, 2.05) is 0 Å². The van der Waals surface area contributed by atoms with Crippen LogP contribution >= 0.6 is 22.9 Å². The van der Waals surface area contributed by atoms with Crippen LogP contribution in [-0.2, 0) is 0 Å². The van der Waals surface area contributed by atoms with Crippen molar-refractivity contribution in [2.24, 2.45) is 0 Å². The van der Waals surface area contributed by atoms with Crippen LogP contribution in [0, 0.1) is 11.3 Å². The third kappa shape index (κ3) is 2.03. The molecule has 5 heteroatoms. The Kier molecular flexibility index (Phi) is 3.12. The minimum absolute atomic E-state index is 0.308. The average molecular weight is 256 g/mol. The first-order valence-corrected chi connectivity index (χ1v) is 5.83. The highest BCUT2D eigenvalue weighted by Crippen LogP contribution is 2.32. The second kappa shape index (κ2) is 4.39. The molecule has 0 amide bonds. The van der Waals surface area contributed by atoms with Gasteiger partial charge >= 0.3 is 0 Å². The van der Waals surface area contributed by atoms with Crippen molar-refractivity contribution in [2.45, 2.75) is 0 Å². The van der Waals surface area contributed by atoms with Crippen molar-refractivity contribution in [3.8, 4) is 11.3 Å². The predicted octanol–water partition coefficient (Wildman–Crippen LogP) is 3.47. The SMILES string of the molecule is CN(C)c1cc(Cl)c(-c2cs[c]n2)cc1F. The van der Waals surface area contributed by atoms with E-state index in [2.05, 4.69) is 10.5 Å². The minimum atomic E-state index is -0.308. The summed E-state index contributed by atoms with van der Waals surface area (Å²) in [5, 5.41) is 2.28. The van der Waals surface area contributed by atoms with Gasteiger partial charge in [-0.15, -0.1) is 11.3 Å². The van der Waals surface area contributed by atoms with E-state index in [0.717, 1.165) is 0 Å². The van der Waals surface area contributed by atoms with E-state index < -0.39 is 0 Å². The summed E-state index contributed by atoms with van der Waals surface area (Å²) >= 11 is 7.43. The van der Waals surface area contributed by atoms with Crippen LogP contribution < -0.4 is 4.90 Å². The molecular weight excluding hydrogens is 247 g/mol. The van der Waals surface area contributed by atoms with Gasteiger partial charge in [-0.25, -0.2) is 9.37 Å². The summed E-state index contributed by atoms with van der Waals surface area (Å²) in [6.07, 6.45) is 0. The van der Waals surface area contributed by atoms with Gasteiger partial charge in [-0.1, -0.05) is 11.6 Å². The van der Waals surface area contributed by atoms with Crippen LogP contribution in [0.3, 0.4) is 0 Å². The Bertz CT molecular complexity index is 497. The van der Waals surface area contributed by atoms with Crippen molar-refractivity contribution in [2.75, 3.05) is 19.0 Å². The Morgan fingerprint density at radius 1 is 1.44 bits per heavy atom. The second-order valence-corrected chi connectivity index (χ2v) is 4.56. The molecule has 0 aliphatic rings. The quantitative estimate of drug-likeness (QED) is 0.817. The molecule has 1 heterocycles. The maximum absolute atomic E-state index is 13.7. The number of rotatable bonds is 2. The van der Waals surface area contributed by atoms with Gasteiger partial charge in [0.2, 0.25) is 0 Å². The van der Waals surface area contributed by atoms with E-state index in [1.54, 1.807) is 30.4 Å². The van der Waals surface area contributed by atoms with Crippen molar-refractivity contribution in [1.82, 2.24) is 4.98 Å². The normalized spacial score (nSPS) is 10.5. The zero-order chi connectivity index (χ0) is 11.7. The molecule has 83 valence electrons. The number of hydrogen-bond donors (Lipinski definition) is 0. The van der Waals surface area contributed by atoms with Gasteiger partial charge in [-0.05, 0) is 12.1 Å². The molecule has 16 heavy (non-hydrogen) atoms. The molecule has 0 atom stereocenters. The third-order valence-corrected chi connectivity index (χ3v) is 3.03. The van der Waals surface area contributed by atoms with Gasteiger partial charge in [0.05, 0.1) is 16.4 Å². The van der Waals surface area contributed by atoms with Crippen LogP contribution in [0.15, 0.2) is 17.5 Å². The van der Waals surface area contributed by atoms with Crippen LogP contribution in [0.5, 0.6) is 0 Å². The maximum Gasteiger partial charge on any atom is 0.152 e. The van der Waals surface area contributed by atoms with Crippen molar-refractivity contribution in [3.63, 3.8) is 0 Å². The number of halogens is 2. The maximum atomic E-state index is 13.7. The van der Waals surface area contributed by atoms with Crippen LogP contribution in [0.2, 0.25) is 5.02 Å². The Balaban J connectivity index is 2.54. The predicted molar refractivity (Wildman–Crippen MR) is 65.7 cm³/mol. The summed E-state index contributed by atoms with van der Waals surface area (Å²) < 4.78 is 13.7. The molecule has 1 aromatic heterocycles. The number of aromatic nitrogens is 1. The smallest absolute Gasteiger partial charge is 0.152 e. The summed E-state index contributed by atoms with van der Waals surface area (Å²) in [5.74, 6) is -0.308. The second-order valence-electron chi connectivity index (χ2n) is 3.50. The van der Waals surface area contributed by atoms with Gasteiger partial charge in [0.15, 0.2) is 5.51 Å². The van der Waals surface area contributed by atoms with E-state index in [9.17, 15) is 4.39 Å². The molecule has 0 saturated carbocycles. The summed E-state index contributed by atoms with van der Waals surface area (Å²) in [7, 11) is 3.54. The van der Waals surface area contributed by atoms with Gasteiger partial charge in [-0.3, -0.25) is 0 Å². The van der Waals surface area contributed by atoms with Crippen molar-refractivity contribution in [3.05, 3.63) is 33.9 Å². The molecule has 0 spiro atoms. The van der Waals surface area contributed by atoms with Crippen molar-refractivity contribution < 1.29 is 4.39 Å². The minimum Gasteiger partial charge on any atom is -0.375 e. The Morgan fingerprint density at radius 2 is 2.19 bits per heavy atom. The molecule has 2 aromatic rings. The zero-order valence-corrected chi connectivity index (χ0v) is 10.4. The lowest BCUT2D eigenvalue weighted by Crippen LogP contribution is -2.10. The molecular formula is C11H9ClFN2S. The standard InChI is InChI=1S/C11H9ClFN2S/c1-15(2)11-4-8(12)7(3-9(11)13)10-5-16-6-14-10/h3-5H,1-2H3. The van der Waals surface area contributed by atoms with Crippen molar-refractivity contribution in [1.29, 1.82) is 0 Å². The van der Waals surface area contributed by atoms with E-state index >= 15 is 0 Å².